The van der Waals surface area contributed by atoms with Gasteiger partial charge in [0, 0.05) is 12.1 Å². The van der Waals surface area contributed by atoms with Gasteiger partial charge in [0.2, 0.25) is 5.91 Å². The summed E-state index contributed by atoms with van der Waals surface area (Å²) in [5.41, 5.74) is 5.06. The normalized spacial score (nSPS) is 14.7. The van der Waals surface area contributed by atoms with Crippen LogP contribution >= 0.6 is 0 Å². The first-order valence-corrected chi connectivity index (χ1v) is 8.80. The lowest BCUT2D eigenvalue weighted by atomic mass is 9.88. The summed E-state index contributed by atoms with van der Waals surface area (Å²) in [5, 5.41) is 12.2. The third-order valence-corrected chi connectivity index (χ3v) is 4.68. The van der Waals surface area contributed by atoms with E-state index in [-0.39, 0.29) is 11.7 Å². The fourth-order valence-electron chi connectivity index (χ4n) is 3.46. The number of nitrogens with one attached hydrogen (secondary N) is 1. The van der Waals surface area contributed by atoms with Crippen LogP contribution in [0.15, 0.2) is 42.5 Å². The largest absolute Gasteiger partial charge is 0.508 e. The molecule has 0 saturated carbocycles. The molecule has 1 atom stereocenters. The Balaban J connectivity index is 1.54. The molecule has 1 amide bonds. The number of aryl methyl sites for hydroxylation is 2. The molecule has 2 aromatic carbocycles. The van der Waals surface area contributed by atoms with Crippen LogP contribution in [0.1, 0.15) is 42.9 Å². The summed E-state index contributed by atoms with van der Waals surface area (Å²) in [7, 11) is 0. The van der Waals surface area contributed by atoms with Crippen molar-refractivity contribution in [3.8, 4) is 5.75 Å². The first-order valence-electron chi connectivity index (χ1n) is 8.80. The van der Waals surface area contributed by atoms with E-state index in [9.17, 15) is 9.90 Å². The van der Waals surface area contributed by atoms with Gasteiger partial charge in [-0.1, -0.05) is 25.1 Å². The number of phenolic OH excluding ortho intramolecular Hbond substituents is 1. The van der Waals surface area contributed by atoms with Gasteiger partial charge in [0.1, 0.15) is 5.75 Å². The molecule has 0 bridgehead atoms. The van der Waals surface area contributed by atoms with Gasteiger partial charge in [-0.05, 0) is 79.0 Å². The van der Waals surface area contributed by atoms with Gasteiger partial charge in [0.05, 0.1) is 0 Å². The first-order chi connectivity index (χ1) is 11.6. The van der Waals surface area contributed by atoms with Gasteiger partial charge >= 0.3 is 0 Å². The molecule has 2 aromatic rings. The maximum Gasteiger partial charge on any atom is 0.224 e. The second-order valence-electron chi connectivity index (χ2n) is 6.92. The Morgan fingerprint density at radius 1 is 1.08 bits per heavy atom. The van der Waals surface area contributed by atoms with Gasteiger partial charge in [-0.15, -0.1) is 0 Å². The molecule has 3 heteroatoms. The summed E-state index contributed by atoms with van der Waals surface area (Å²) in [5.74, 6) is 0.517. The molecule has 3 nitrogen and oxygen atoms in total. The van der Waals surface area contributed by atoms with Crippen molar-refractivity contribution >= 4 is 11.6 Å². The van der Waals surface area contributed by atoms with E-state index >= 15 is 0 Å². The number of fused-ring (bicyclic) bond motifs is 1. The highest BCUT2D eigenvalue weighted by Crippen LogP contribution is 2.24. The Morgan fingerprint density at radius 3 is 2.54 bits per heavy atom. The molecule has 0 fully saturated rings. The second-order valence-corrected chi connectivity index (χ2v) is 6.92. The van der Waals surface area contributed by atoms with Crippen molar-refractivity contribution in [3.05, 3.63) is 59.2 Å². The third-order valence-electron chi connectivity index (χ3n) is 4.68. The van der Waals surface area contributed by atoms with Crippen LogP contribution in [0, 0.1) is 5.92 Å². The van der Waals surface area contributed by atoms with E-state index in [1.165, 1.54) is 42.4 Å². The molecule has 2 N–H and O–H groups in total. The van der Waals surface area contributed by atoms with E-state index in [4.69, 9.17) is 0 Å². The average molecular weight is 323 g/mol. The van der Waals surface area contributed by atoms with Gasteiger partial charge in [-0.3, -0.25) is 4.79 Å². The van der Waals surface area contributed by atoms with Gasteiger partial charge in [0.15, 0.2) is 0 Å². The number of benzene rings is 2. The molecule has 1 aliphatic rings. The molecule has 0 spiro atoms. The predicted molar refractivity (Wildman–Crippen MR) is 97.3 cm³/mol. The molecule has 0 aliphatic heterocycles. The van der Waals surface area contributed by atoms with Crippen LogP contribution < -0.4 is 5.32 Å². The fourth-order valence-corrected chi connectivity index (χ4v) is 3.46. The molecule has 3 rings (SSSR count). The van der Waals surface area contributed by atoms with Crippen LogP contribution in [0.3, 0.4) is 0 Å². The summed E-state index contributed by atoms with van der Waals surface area (Å²) in [6.07, 6.45) is 6.43. The summed E-state index contributed by atoms with van der Waals surface area (Å²) in [6, 6.07) is 13.4. The van der Waals surface area contributed by atoms with Crippen molar-refractivity contribution in [2.24, 2.45) is 5.92 Å². The number of phenols is 1. The Kier molecular flexibility index (Phi) is 5.19. The van der Waals surface area contributed by atoms with Gasteiger partial charge < -0.3 is 10.4 Å². The maximum atomic E-state index is 12.2. The molecular formula is C21H25NO2. The van der Waals surface area contributed by atoms with Crippen molar-refractivity contribution in [1.82, 2.24) is 0 Å². The number of amides is 1. The summed E-state index contributed by atoms with van der Waals surface area (Å²) < 4.78 is 0. The summed E-state index contributed by atoms with van der Waals surface area (Å²) in [4.78, 5) is 12.2. The minimum absolute atomic E-state index is 0.0196. The van der Waals surface area contributed by atoms with Crippen molar-refractivity contribution in [2.45, 2.75) is 45.4 Å². The highest BCUT2D eigenvalue weighted by atomic mass is 16.3. The van der Waals surface area contributed by atoms with E-state index < -0.39 is 0 Å². The zero-order valence-electron chi connectivity index (χ0n) is 14.2. The lowest BCUT2D eigenvalue weighted by Crippen LogP contribution is -2.16. The van der Waals surface area contributed by atoms with E-state index in [1.807, 2.05) is 0 Å². The Morgan fingerprint density at radius 2 is 1.79 bits per heavy atom. The first kappa shape index (κ1) is 16.6. The molecule has 0 heterocycles. The lowest BCUT2D eigenvalue weighted by molar-refractivity contribution is -0.116. The monoisotopic (exact) mass is 323 g/mol. The SMILES string of the molecule is CC(CC(=O)Nc1ccc(O)cc1)Cc1ccc2c(c1)CCCC2. The van der Waals surface area contributed by atoms with Crippen LogP contribution in [0.4, 0.5) is 5.69 Å². The molecule has 1 unspecified atom stereocenters. The van der Waals surface area contributed by atoms with E-state index in [0.29, 0.717) is 12.3 Å². The zero-order chi connectivity index (χ0) is 16.9. The number of anilines is 1. The Hall–Kier alpha value is -2.29. The van der Waals surface area contributed by atoms with Crippen LogP contribution in [0.25, 0.3) is 0 Å². The molecule has 0 aromatic heterocycles. The van der Waals surface area contributed by atoms with Gasteiger partial charge in [-0.2, -0.15) is 0 Å². The zero-order valence-corrected chi connectivity index (χ0v) is 14.2. The maximum absolute atomic E-state index is 12.2. The van der Waals surface area contributed by atoms with Crippen molar-refractivity contribution in [3.63, 3.8) is 0 Å². The number of carbonyl (C=O) groups excluding carboxylic acids is 1. The number of hydrogen-bond donors (Lipinski definition) is 2. The average Bonchev–Trinajstić information content (AvgIpc) is 2.56. The summed E-state index contributed by atoms with van der Waals surface area (Å²) in [6.45, 7) is 2.12. The molecule has 1 aliphatic carbocycles. The second kappa shape index (κ2) is 7.52. The van der Waals surface area contributed by atoms with Crippen molar-refractivity contribution in [1.29, 1.82) is 0 Å². The Bertz CT molecular complexity index is 706. The summed E-state index contributed by atoms with van der Waals surface area (Å²) >= 11 is 0. The molecule has 0 saturated heterocycles. The quantitative estimate of drug-likeness (QED) is 0.797. The molecule has 0 radical (unpaired) electrons. The number of carbonyl (C=O) groups is 1. The predicted octanol–water partition coefficient (Wildman–Crippen LogP) is 4.48. The number of aromatic hydroxyl groups is 1. The highest BCUT2D eigenvalue weighted by Gasteiger charge is 2.13. The van der Waals surface area contributed by atoms with Gasteiger partial charge in [0.25, 0.3) is 0 Å². The van der Waals surface area contributed by atoms with E-state index in [1.54, 1.807) is 24.3 Å². The minimum atomic E-state index is 0.0196. The van der Waals surface area contributed by atoms with Crippen LogP contribution in [0.2, 0.25) is 0 Å². The lowest BCUT2D eigenvalue weighted by Gasteiger charge is -2.18. The van der Waals surface area contributed by atoms with Crippen LogP contribution in [-0.2, 0) is 24.1 Å². The van der Waals surface area contributed by atoms with Crippen molar-refractivity contribution in [2.75, 3.05) is 5.32 Å². The topological polar surface area (TPSA) is 49.3 Å². The molecular weight excluding hydrogens is 298 g/mol. The minimum Gasteiger partial charge on any atom is -0.508 e. The van der Waals surface area contributed by atoms with E-state index in [2.05, 4.69) is 30.4 Å². The third kappa shape index (κ3) is 4.38. The molecule has 24 heavy (non-hydrogen) atoms. The number of hydrogen-bond acceptors (Lipinski definition) is 2. The van der Waals surface area contributed by atoms with Crippen LogP contribution in [-0.4, -0.2) is 11.0 Å². The Labute approximate surface area is 143 Å². The van der Waals surface area contributed by atoms with Crippen molar-refractivity contribution < 1.29 is 9.90 Å². The van der Waals surface area contributed by atoms with E-state index in [0.717, 1.165) is 12.1 Å². The number of rotatable bonds is 5. The fraction of sp³-hybridized carbons (Fsp3) is 0.381. The smallest absolute Gasteiger partial charge is 0.224 e. The van der Waals surface area contributed by atoms with Gasteiger partial charge in [-0.25, -0.2) is 0 Å². The standard InChI is InChI=1S/C21H25NO2/c1-15(13-21(24)22-19-8-10-20(23)11-9-19)12-16-6-7-17-4-2-3-5-18(17)14-16/h6-11,14-15,23H,2-5,12-13H2,1H3,(H,22,24). The van der Waals surface area contributed by atoms with Crippen LogP contribution in [0.5, 0.6) is 5.75 Å². The highest BCUT2D eigenvalue weighted by molar-refractivity contribution is 5.90. The molecule has 126 valence electrons.